The summed E-state index contributed by atoms with van der Waals surface area (Å²) < 4.78 is 32.3. The molecule has 1 aromatic carbocycles. The molecule has 1 fully saturated rings. The highest BCUT2D eigenvalue weighted by atomic mass is 32.2. The van der Waals surface area contributed by atoms with Gasteiger partial charge in [-0.25, -0.2) is 8.42 Å². The Kier molecular flexibility index (Phi) is 3.96. The Hall–Kier alpha value is -1.11. The van der Waals surface area contributed by atoms with Crippen molar-refractivity contribution in [1.29, 1.82) is 0 Å². The highest BCUT2D eigenvalue weighted by Gasteiger charge is 2.30. The average molecular weight is 296 g/mol. The van der Waals surface area contributed by atoms with Gasteiger partial charge < -0.3 is 10.1 Å². The largest absolute Gasteiger partial charge is 0.381 e. The summed E-state index contributed by atoms with van der Waals surface area (Å²) in [7, 11) is -3.29. The Morgan fingerprint density at radius 1 is 1.35 bits per heavy atom. The third kappa shape index (κ3) is 2.82. The van der Waals surface area contributed by atoms with Crippen LogP contribution in [0.5, 0.6) is 0 Å². The smallest absolute Gasteiger partial charge is 0.235 e. The van der Waals surface area contributed by atoms with E-state index in [9.17, 15) is 8.42 Å². The Labute approximate surface area is 120 Å². The second-order valence-electron chi connectivity index (χ2n) is 5.39. The molecule has 0 saturated carbocycles. The molecule has 0 aliphatic carbocycles. The quantitative estimate of drug-likeness (QED) is 0.903. The van der Waals surface area contributed by atoms with Gasteiger partial charge in [-0.2, -0.15) is 0 Å². The lowest BCUT2D eigenvalue weighted by Gasteiger charge is -2.25. The Morgan fingerprint density at radius 3 is 3.00 bits per heavy atom. The van der Waals surface area contributed by atoms with Crippen molar-refractivity contribution in [2.24, 2.45) is 5.92 Å². The molecular weight excluding hydrogens is 276 g/mol. The second-order valence-corrected chi connectivity index (χ2v) is 7.32. The van der Waals surface area contributed by atoms with E-state index in [0.717, 1.165) is 17.7 Å². The zero-order valence-electron chi connectivity index (χ0n) is 11.4. The van der Waals surface area contributed by atoms with E-state index < -0.39 is 10.0 Å². The number of nitrogens with one attached hydrogen (secondary N) is 1. The molecular formula is C14H20N2O3S. The van der Waals surface area contributed by atoms with Crippen LogP contribution in [0.4, 0.5) is 5.69 Å². The van der Waals surface area contributed by atoms with Crippen molar-refractivity contribution in [1.82, 2.24) is 5.32 Å². The molecule has 20 heavy (non-hydrogen) atoms. The van der Waals surface area contributed by atoms with Crippen molar-refractivity contribution < 1.29 is 13.2 Å². The summed E-state index contributed by atoms with van der Waals surface area (Å²) in [5.41, 5.74) is 1.85. The van der Waals surface area contributed by atoms with Gasteiger partial charge in [-0.3, -0.25) is 4.31 Å². The monoisotopic (exact) mass is 296 g/mol. The van der Waals surface area contributed by atoms with E-state index in [0.29, 0.717) is 32.8 Å². The minimum Gasteiger partial charge on any atom is -0.381 e. The normalized spacial score (nSPS) is 23.4. The lowest BCUT2D eigenvalue weighted by molar-refractivity contribution is 0.188. The van der Waals surface area contributed by atoms with Crippen molar-refractivity contribution in [3.63, 3.8) is 0 Å². The zero-order chi connectivity index (χ0) is 14.0. The lowest BCUT2D eigenvalue weighted by Crippen LogP contribution is -2.38. The van der Waals surface area contributed by atoms with E-state index >= 15 is 0 Å². The minimum atomic E-state index is -3.29. The predicted molar refractivity (Wildman–Crippen MR) is 78.2 cm³/mol. The highest BCUT2D eigenvalue weighted by Crippen LogP contribution is 2.27. The first kappa shape index (κ1) is 13.9. The van der Waals surface area contributed by atoms with E-state index in [1.807, 2.05) is 24.3 Å². The van der Waals surface area contributed by atoms with Crippen LogP contribution in [0.25, 0.3) is 0 Å². The fourth-order valence-electron chi connectivity index (χ4n) is 2.82. The van der Waals surface area contributed by atoms with Crippen LogP contribution in [0.1, 0.15) is 12.0 Å². The molecule has 6 heteroatoms. The topological polar surface area (TPSA) is 58.6 Å². The molecule has 1 aromatic rings. The number of fused-ring (bicyclic) bond motifs is 1. The molecule has 2 aliphatic heterocycles. The number of anilines is 1. The SMILES string of the molecule is O=S(=O)(CC1CCOC1)N1CCNCc2ccccc21. The van der Waals surface area contributed by atoms with Gasteiger partial charge in [0.2, 0.25) is 10.0 Å². The van der Waals surface area contributed by atoms with Crippen molar-refractivity contribution in [3.8, 4) is 0 Å². The highest BCUT2D eigenvalue weighted by molar-refractivity contribution is 7.92. The number of hydrogen-bond acceptors (Lipinski definition) is 4. The first-order chi connectivity index (χ1) is 9.67. The fraction of sp³-hybridized carbons (Fsp3) is 0.571. The number of hydrogen-bond donors (Lipinski definition) is 1. The van der Waals surface area contributed by atoms with Gasteiger partial charge in [-0.15, -0.1) is 0 Å². The summed E-state index contributed by atoms with van der Waals surface area (Å²) in [4.78, 5) is 0. The number of ether oxygens (including phenoxy) is 1. The van der Waals surface area contributed by atoms with Crippen LogP contribution in [0.15, 0.2) is 24.3 Å². The average Bonchev–Trinajstić information content (AvgIpc) is 2.81. The molecule has 1 saturated heterocycles. The van der Waals surface area contributed by atoms with Crippen LogP contribution in [0.3, 0.4) is 0 Å². The van der Waals surface area contributed by atoms with E-state index in [-0.39, 0.29) is 11.7 Å². The van der Waals surface area contributed by atoms with Crippen LogP contribution >= 0.6 is 0 Å². The van der Waals surface area contributed by atoms with Gasteiger partial charge in [0.15, 0.2) is 0 Å². The van der Waals surface area contributed by atoms with Crippen LogP contribution in [0, 0.1) is 5.92 Å². The number of benzene rings is 1. The third-order valence-corrected chi connectivity index (χ3v) is 5.82. The summed E-state index contributed by atoms with van der Waals surface area (Å²) in [5.74, 6) is 0.310. The van der Waals surface area contributed by atoms with Crippen LogP contribution in [0.2, 0.25) is 0 Å². The van der Waals surface area contributed by atoms with Gasteiger partial charge in [0.05, 0.1) is 18.0 Å². The third-order valence-electron chi connectivity index (χ3n) is 3.87. The van der Waals surface area contributed by atoms with Gasteiger partial charge in [0, 0.05) is 32.2 Å². The first-order valence-corrected chi connectivity index (χ1v) is 8.64. The van der Waals surface area contributed by atoms with Gasteiger partial charge in [0.1, 0.15) is 0 Å². The fourth-order valence-corrected chi connectivity index (χ4v) is 4.71. The maximum Gasteiger partial charge on any atom is 0.235 e. The molecule has 5 nitrogen and oxygen atoms in total. The van der Waals surface area contributed by atoms with Crippen molar-refractivity contribution in [2.75, 3.05) is 36.4 Å². The van der Waals surface area contributed by atoms with Gasteiger partial charge in [-0.1, -0.05) is 18.2 Å². The van der Waals surface area contributed by atoms with Crippen LogP contribution in [-0.2, 0) is 21.3 Å². The number of para-hydroxylation sites is 1. The standard InChI is InChI=1S/C14H20N2O3S/c17-20(18,11-12-5-8-19-10-12)16-7-6-15-9-13-3-1-2-4-14(13)16/h1-4,12,15H,5-11H2. The summed E-state index contributed by atoms with van der Waals surface area (Å²) in [6.07, 6.45) is 0.840. The summed E-state index contributed by atoms with van der Waals surface area (Å²) in [5, 5.41) is 3.27. The minimum absolute atomic E-state index is 0.128. The predicted octanol–water partition coefficient (Wildman–Crippen LogP) is 0.963. The Bertz CT molecular complexity index is 568. The van der Waals surface area contributed by atoms with E-state index in [4.69, 9.17) is 4.74 Å². The van der Waals surface area contributed by atoms with Gasteiger partial charge >= 0.3 is 0 Å². The van der Waals surface area contributed by atoms with Crippen molar-refractivity contribution in [3.05, 3.63) is 29.8 Å². The molecule has 0 radical (unpaired) electrons. The zero-order valence-corrected chi connectivity index (χ0v) is 12.2. The maximum atomic E-state index is 12.7. The number of sulfonamides is 1. The van der Waals surface area contributed by atoms with E-state index in [1.165, 1.54) is 0 Å². The van der Waals surface area contributed by atoms with Gasteiger partial charge in [0.25, 0.3) is 0 Å². The molecule has 0 aromatic heterocycles. The van der Waals surface area contributed by atoms with Crippen molar-refractivity contribution in [2.45, 2.75) is 13.0 Å². The van der Waals surface area contributed by atoms with Crippen LogP contribution < -0.4 is 9.62 Å². The van der Waals surface area contributed by atoms with Crippen molar-refractivity contribution >= 4 is 15.7 Å². The second kappa shape index (κ2) is 5.71. The molecule has 110 valence electrons. The summed E-state index contributed by atoms with van der Waals surface area (Å²) in [6.45, 7) is 3.13. The molecule has 3 rings (SSSR count). The molecule has 1 unspecified atom stereocenters. The van der Waals surface area contributed by atoms with Gasteiger partial charge in [-0.05, 0) is 18.1 Å². The molecule has 1 N–H and O–H groups in total. The van der Waals surface area contributed by atoms with E-state index in [2.05, 4.69) is 5.32 Å². The number of nitrogens with zero attached hydrogens (tertiary/aromatic N) is 1. The molecule has 0 amide bonds. The summed E-state index contributed by atoms with van der Waals surface area (Å²) >= 11 is 0. The lowest BCUT2D eigenvalue weighted by atomic mass is 10.2. The molecule has 2 aliphatic rings. The molecule has 1 atom stereocenters. The number of rotatable bonds is 3. The Morgan fingerprint density at radius 2 is 2.20 bits per heavy atom. The first-order valence-electron chi connectivity index (χ1n) is 7.03. The maximum absolute atomic E-state index is 12.7. The van der Waals surface area contributed by atoms with Crippen LogP contribution in [-0.4, -0.2) is 40.5 Å². The Balaban J connectivity index is 1.88. The molecule has 0 spiro atoms. The van der Waals surface area contributed by atoms with E-state index in [1.54, 1.807) is 4.31 Å². The molecule has 0 bridgehead atoms. The molecule has 2 heterocycles. The summed E-state index contributed by atoms with van der Waals surface area (Å²) in [6, 6.07) is 7.71.